The summed E-state index contributed by atoms with van der Waals surface area (Å²) in [5, 5.41) is 12.5. The van der Waals surface area contributed by atoms with Gasteiger partial charge in [-0.1, -0.05) is 12.1 Å². The number of amides is 1. The van der Waals surface area contributed by atoms with Crippen molar-refractivity contribution in [2.45, 2.75) is 50.7 Å². The number of anilines is 1. The third kappa shape index (κ3) is 2.60. The number of aryl methyl sites for hydroxylation is 1. The molecular weight excluding hydrogens is 300 g/mol. The molecule has 0 spiro atoms. The van der Waals surface area contributed by atoms with E-state index in [4.69, 9.17) is 0 Å². The quantitative estimate of drug-likeness (QED) is 0.864. The van der Waals surface area contributed by atoms with Crippen molar-refractivity contribution in [2.24, 2.45) is 5.92 Å². The van der Waals surface area contributed by atoms with Gasteiger partial charge in [-0.3, -0.25) is 4.79 Å². The van der Waals surface area contributed by atoms with E-state index < -0.39 is 0 Å². The van der Waals surface area contributed by atoms with Crippen LogP contribution in [0.15, 0.2) is 24.3 Å². The summed E-state index contributed by atoms with van der Waals surface area (Å²) < 4.78 is 0. The Hall–Kier alpha value is -2.22. The van der Waals surface area contributed by atoms with E-state index >= 15 is 0 Å². The number of fused-ring (bicyclic) bond motifs is 2. The van der Waals surface area contributed by atoms with Gasteiger partial charge in [-0.15, -0.1) is 0 Å². The van der Waals surface area contributed by atoms with Crippen molar-refractivity contribution >= 4 is 11.6 Å². The van der Waals surface area contributed by atoms with Gasteiger partial charge in [0.2, 0.25) is 5.91 Å². The number of nitrogens with one attached hydrogen (secondary N) is 1. The van der Waals surface area contributed by atoms with Gasteiger partial charge in [0.05, 0.1) is 18.0 Å². The average molecular weight is 324 g/mol. The van der Waals surface area contributed by atoms with Gasteiger partial charge in [0.15, 0.2) is 6.19 Å². The lowest BCUT2D eigenvalue weighted by Gasteiger charge is -2.24. The Balaban J connectivity index is 1.36. The van der Waals surface area contributed by atoms with E-state index in [0.717, 1.165) is 38.8 Å². The molecule has 1 amide bonds. The number of carbonyl (C=O) groups is 1. The van der Waals surface area contributed by atoms with Gasteiger partial charge in [0.25, 0.3) is 0 Å². The minimum atomic E-state index is 0.0557. The van der Waals surface area contributed by atoms with E-state index in [2.05, 4.69) is 47.6 Å². The van der Waals surface area contributed by atoms with Crippen LogP contribution in [0.5, 0.6) is 0 Å². The molecule has 4 rings (SSSR count). The van der Waals surface area contributed by atoms with Crippen LogP contribution in [-0.4, -0.2) is 42.0 Å². The zero-order valence-electron chi connectivity index (χ0n) is 14.1. The summed E-state index contributed by atoms with van der Waals surface area (Å²) in [6.07, 6.45) is 6.26. The van der Waals surface area contributed by atoms with Crippen LogP contribution in [0.3, 0.4) is 0 Å². The Morgan fingerprint density at radius 3 is 2.96 bits per heavy atom. The van der Waals surface area contributed by atoms with Gasteiger partial charge >= 0.3 is 0 Å². The van der Waals surface area contributed by atoms with Gasteiger partial charge in [0.1, 0.15) is 0 Å². The van der Waals surface area contributed by atoms with Crippen molar-refractivity contribution < 1.29 is 4.79 Å². The summed E-state index contributed by atoms with van der Waals surface area (Å²) in [4.78, 5) is 16.9. The Labute approximate surface area is 143 Å². The van der Waals surface area contributed by atoms with E-state index in [9.17, 15) is 10.1 Å². The molecule has 0 saturated carbocycles. The van der Waals surface area contributed by atoms with E-state index in [-0.39, 0.29) is 23.9 Å². The number of rotatable bonds is 3. The summed E-state index contributed by atoms with van der Waals surface area (Å²) in [5.74, 6) is 0.223. The average Bonchev–Trinajstić information content (AvgIpc) is 3.28. The molecule has 3 saturated heterocycles. The molecule has 5 heteroatoms. The molecule has 3 fully saturated rings. The number of hydrogen-bond acceptors (Lipinski definition) is 4. The van der Waals surface area contributed by atoms with Gasteiger partial charge in [-0.2, -0.15) is 5.26 Å². The lowest BCUT2D eigenvalue weighted by Crippen LogP contribution is -2.46. The summed E-state index contributed by atoms with van der Waals surface area (Å²) in [6.45, 7) is 3.82. The van der Waals surface area contributed by atoms with Crippen molar-refractivity contribution in [1.82, 2.24) is 10.2 Å². The van der Waals surface area contributed by atoms with Crippen molar-refractivity contribution in [3.05, 3.63) is 29.8 Å². The first kappa shape index (κ1) is 15.3. The lowest BCUT2D eigenvalue weighted by molar-refractivity contribution is -0.125. The van der Waals surface area contributed by atoms with Crippen LogP contribution in [-0.2, 0) is 4.79 Å². The normalized spacial score (nSPS) is 31.3. The first-order valence-electron chi connectivity index (χ1n) is 8.96. The summed E-state index contributed by atoms with van der Waals surface area (Å²) in [6, 6.07) is 9.19. The standard InChI is InChI=1S/C19H24N4O/c1-13-3-2-4-15(9-13)22-8-7-14(11-22)19(24)21-17-10-16-5-6-18(17)23(16)12-20/h2-4,9,14,16-18H,5-8,10-11H2,1H3,(H,21,24)/t14-,16?,17+,18?/m0/s1. The Bertz CT molecular complexity index is 682. The Morgan fingerprint density at radius 1 is 1.33 bits per heavy atom. The van der Waals surface area contributed by atoms with Gasteiger partial charge in [-0.05, 0) is 50.3 Å². The van der Waals surface area contributed by atoms with Gasteiger partial charge < -0.3 is 15.1 Å². The maximum absolute atomic E-state index is 12.7. The van der Waals surface area contributed by atoms with Crippen molar-refractivity contribution in [1.29, 1.82) is 5.26 Å². The maximum atomic E-state index is 12.7. The predicted molar refractivity (Wildman–Crippen MR) is 92.3 cm³/mol. The maximum Gasteiger partial charge on any atom is 0.225 e. The fourth-order valence-electron chi connectivity index (χ4n) is 4.63. The zero-order chi connectivity index (χ0) is 16.7. The van der Waals surface area contributed by atoms with E-state index in [1.807, 2.05) is 4.90 Å². The molecule has 3 heterocycles. The largest absolute Gasteiger partial charge is 0.371 e. The molecular formula is C19H24N4O. The molecule has 1 aromatic carbocycles. The minimum absolute atomic E-state index is 0.0557. The molecule has 0 radical (unpaired) electrons. The Morgan fingerprint density at radius 2 is 2.21 bits per heavy atom. The fourth-order valence-corrected chi connectivity index (χ4v) is 4.63. The number of benzene rings is 1. The van der Waals surface area contributed by atoms with E-state index in [1.54, 1.807) is 0 Å². The van der Waals surface area contributed by atoms with E-state index in [0.29, 0.717) is 6.04 Å². The second-order valence-corrected chi connectivity index (χ2v) is 7.43. The summed E-state index contributed by atoms with van der Waals surface area (Å²) in [7, 11) is 0. The van der Waals surface area contributed by atoms with Gasteiger partial charge in [0, 0.05) is 24.8 Å². The highest BCUT2D eigenvalue weighted by atomic mass is 16.2. The lowest BCUT2D eigenvalue weighted by atomic mass is 9.95. The predicted octanol–water partition coefficient (Wildman–Crippen LogP) is 2.02. The van der Waals surface area contributed by atoms with E-state index in [1.165, 1.54) is 11.3 Å². The zero-order valence-corrected chi connectivity index (χ0v) is 14.1. The van der Waals surface area contributed by atoms with Crippen molar-refractivity contribution in [3.8, 4) is 6.19 Å². The molecule has 2 unspecified atom stereocenters. The monoisotopic (exact) mass is 324 g/mol. The third-order valence-electron chi connectivity index (χ3n) is 5.91. The second kappa shape index (κ2) is 6.01. The van der Waals surface area contributed by atoms with Crippen LogP contribution in [0.2, 0.25) is 0 Å². The molecule has 4 atom stereocenters. The van der Waals surface area contributed by atoms with Gasteiger partial charge in [-0.25, -0.2) is 0 Å². The number of nitrogens with zero attached hydrogens (tertiary/aromatic N) is 3. The third-order valence-corrected chi connectivity index (χ3v) is 5.91. The van der Waals surface area contributed by atoms with Crippen molar-refractivity contribution in [3.63, 3.8) is 0 Å². The molecule has 3 aliphatic rings. The summed E-state index contributed by atoms with van der Waals surface area (Å²) >= 11 is 0. The molecule has 3 aliphatic heterocycles. The molecule has 2 bridgehead atoms. The first-order valence-corrected chi connectivity index (χ1v) is 8.96. The highest BCUT2D eigenvalue weighted by Gasteiger charge is 2.47. The van der Waals surface area contributed by atoms with Crippen molar-refractivity contribution in [2.75, 3.05) is 18.0 Å². The fraction of sp³-hybridized carbons (Fsp3) is 0.579. The SMILES string of the molecule is Cc1cccc(N2CC[C@H](C(=O)N[C@@H]3CC4CCC3N4C#N)C2)c1. The summed E-state index contributed by atoms with van der Waals surface area (Å²) in [5.41, 5.74) is 2.46. The molecule has 5 nitrogen and oxygen atoms in total. The van der Waals surface area contributed by atoms with Crippen LogP contribution in [0, 0.1) is 24.3 Å². The minimum Gasteiger partial charge on any atom is -0.371 e. The molecule has 0 aliphatic carbocycles. The first-order chi connectivity index (χ1) is 11.7. The molecule has 1 aromatic rings. The molecule has 0 aromatic heterocycles. The number of carbonyl (C=O) groups excluding carboxylic acids is 1. The molecule has 24 heavy (non-hydrogen) atoms. The van der Waals surface area contributed by atoms with Crippen LogP contribution < -0.4 is 10.2 Å². The van der Waals surface area contributed by atoms with Crippen LogP contribution >= 0.6 is 0 Å². The highest BCUT2D eigenvalue weighted by Crippen LogP contribution is 2.37. The molecule has 1 N–H and O–H groups in total. The number of hydrogen-bond donors (Lipinski definition) is 1. The Kier molecular flexibility index (Phi) is 3.84. The number of nitriles is 1. The topological polar surface area (TPSA) is 59.4 Å². The smallest absolute Gasteiger partial charge is 0.225 e. The molecule has 126 valence electrons. The second-order valence-electron chi connectivity index (χ2n) is 7.43. The highest BCUT2D eigenvalue weighted by molar-refractivity contribution is 5.80. The van der Waals surface area contributed by atoms with Crippen LogP contribution in [0.25, 0.3) is 0 Å². The van der Waals surface area contributed by atoms with Crippen LogP contribution in [0.4, 0.5) is 5.69 Å². The van der Waals surface area contributed by atoms with Crippen LogP contribution in [0.1, 0.15) is 31.2 Å².